The Morgan fingerprint density at radius 3 is 2.95 bits per heavy atom. The number of aromatic nitrogens is 2. The average molecular weight is 337 g/mol. The summed E-state index contributed by atoms with van der Waals surface area (Å²) in [6, 6.07) is 9.48. The zero-order valence-electron chi connectivity index (χ0n) is 11.3. The molecule has 2 N–H and O–H groups in total. The van der Waals surface area contributed by atoms with Gasteiger partial charge in [0.25, 0.3) is 5.91 Å². The van der Waals surface area contributed by atoms with Gasteiger partial charge in [-0.1, -0.05) is 22.0 Å². The number of nitrogens with zero attached hydrogens (tertiary/aromatic N) is 2. The summed E-state index contributed by atoms with van der Waals surface area (Å²) in [5, 5.41) is 10.2. The van der Waals surface area contributed by atoms with Crippen LogP contribution in [0.25, 0.3) is 5.69 Å². The monoisotopic (exact) mass is 336 g/mol. The molecule has 20 heavy (non-hydrogen) atoms. The maximum absolute atomic E-state index is 11.9. The van der Waals surface area contributed by atoms with Crippen LogP contribution < -0.4 is 10.6 Å². The summed E-state index contributed by atoms with van der Waals surface area (Å²) in [5.41, 5.74) is 1.34. The second-order valence-corrected chi connectivity index (χ2v) is 5.25. The molecule has 0 aliphatic heterocycles. The van der Waals surface area contributed by atoms with Crippen LogP contribution in [0.3, 0.4) is 0 Å². The van der Waals surface area contributed by atoms with E-state index in [0.717, 1.165) is 23.1 Å². The topological polar surface area (TPSA) is 58.9 Å². The Labute approximate surface area is 126 Å². The first-order valence-corrected chi connectivity index (χ1v) is 7.24. The van der Waals surface area contributed by atoms with Gasteiger partial charge in [-0.15, -0.1) is 0 Å². The minimum atomic E-state index is -0.144. The third kappa shape index (κ3) is 3.91. The lowest BCUT2D eigenvalue weighted by Gasteiger charge is -2.03. The molecule has 0 unspecified atom stereocenters. The maximum Gasteiger partial charge on any atom is 0.271 e. The van der Waals surface area contributed by atoms with E-state index < -0.39 is 0 Å². The van der Waals surface area contributed by atoms with Crippen LogP contribution in [0.15, 0.2) is 41.0 Å². The van der Waals surface area contributed by atoms with Gasteiger partial charge < -0.3 is 10.6 Å². The van der Waals surface area contributed by atoms with Crippen molar-refractivity contribution in [2.24, 2.45) is 0 Å². The van der Waals surface area contributed by atoms with Crippen molar-refractivity contribution in [1.82, 2.24) is 20.4 Å². The number of carbonyl (C=O) groups is 1. The van der Waals surface area contributed by atoms with Crippen molar-refractivity contribution < 1.29 is 4.79 Å². The fourth-order valence-electron chi connectivity index (χ4n) is 1.77. The highest BCUT2D eigenvalue weighted by Crippen LogP contribution is 2.15. The van der Waals surface area contributed by atoms with E-state index in [9.17, 15) is 4.79 Å². The molecule has 1 heterocycles. The first kappa shape index (κ1) is 14.7. The number of rotatable bonds is 6. The SMILES string of the molecule is CNCCCNC(=O)c1ccn(-c2cccc(Br)c2)n1. The zero-order valence-corrected chi connectivity index (χ0v) is 12.9. The highest BCUT2D eigenvalue weighted by molar-refractivity contribution is 9.10. The molecule has 2 aromatic rings. The Morgan fingerprint density at radius 1 is 1.35 bits per heavy atom. The van der Waals surface area contributed by atoms with Crippen molar-refractivity contribution in [2.75, 3.05) is 20.1 Å². The minimum Gasteiger partial charge on any atom is -0.351 e. The van der Waals surface area contributed by atoms with Crippen LogP contribution in [0.2, 0.25) is 0 Å². The molecule has 0 aliphatic carbocycles. The van der Waals surface area contributed by atoms with Gasteiger partial charge in [0.15, 0.2) is 5.69 Å². The minimum absolute atomic E-state index is 0.144. The Hall–Kier alpha value is -1.66. The van der Waals surface area contributed by atoms with E-state index in [1.54, 1.807) is 16.9 Å². The van der Waals surface area contributed by atoms with Gasteiger partial charge in [-0.3, -0.25) is 4.79 Å². The molecule has 106 valence electrons. The number of nitrogens with one attached hydrogen (secondary N) is 2. The number of hydrogen-bond donors (Lipinski definition) is 2. The van der Waals surface area contributed by atoms with Gasteiger partial charge in [-0.05, 0) is 44.3 Å². The van der Waals surface area contributed by atoms with Crippen molar-refractivity contribution >= 4 is 21.8 Å². The lowest BCUT2D eigenvalue weighted by molar-refractivity contribution is 0.0948. The molecule has 0 radical (unpaired) electrons. The zero-order chi connectivity index (χ0) is 14.4. The third-order valence-corrected chi connectivity index (χ3v) is 3.28. The van der Waals surface area contributed by atoms with E-state index in [4.69, 9.17) is 0 Å². The third-order valence-electron chi connectivity index (χ3n) is 2.78. The van der Waals surface area contributed by atoms with Gasteiger partial charge >= 0.3 is 0 Å². The van der Waals surface area contributed by atoms with Crippen LogP contribution >= 0.6 is 15.9 Å². The first-order valence-electron chi connectivity index (χ1n) is 6.45. The molecular weight excluding hydrogens is 320 g/mol. The highest BCUT2D eigenvalue weighted by Gasteiger charge is 2.09. The van der Waals surface area contributed by atoms with E-state index in [1.165, 1.54) is 0 Å². The van der Waals surface area contributed by atoms with Crippen molar-refractivity contribution in [1.29, 1.82) is 0 Å². The van der Waals surface area contributed by atoms with E-state index in [0.29, 0.717) is 12.2 Å². The molecule has 0 aliphatic rings. The molecule has 0 saturated heterocycles. The molecule has 1 aromatic heterocycles. The second-order valence-electron chi connectivity index (χ2n) is 4.34. The largest absolute Gasteiger partial charge is 0.351 e. The number of amides is 1. The van der Waals surface area contributed by atoms with Crippen LogP contribution in [0, 0.1) is 0 Å². The van der Waals surface area contributed by atoms with Crippen LogP contribution in [-0.4, -0.2) is 35.8 Å². The maximum atomic E-state index is 11.9. The quantitative estimate of drug-likeness (QED) is 0.793. The van der Waals surface area contributed by atoms with Gasteiger partial charge in [-0.25, -0.2) is 4.68 Å². The molecule has 6 heteroatoms. The molecule has 1 aromatic carbocycles. The molecule has 0 spiro atoms. The Morgan fingerprint density at radius 2 is 2.20 bits per heavy atom. The number of hydrogen-bond acceptors (Lipinski definition) is 3. The molecule has 5 nitrogen and oxygen atoms in total. The molecular formula is C14H17BrN4O. The van der Waals surface area contributed by atoms with Gasteiger partial charge in [0.2, 0.25) is 0 Å². The van der Waals surface area contributed by atoms with Crippen LogP contribution in [0.4, 0.5) is 0 Å². The van der Waals surface area contributed by atoms with E-state index in [-0.39, 0.29) is 5.91 Å². The normalized spacial score (nSPS) is 10.5. The van der Waals surface area contributed by atoms with Crippen LogP contribution in [0.1, 0.15) is 16.9 Å². The van der Waals surface area contributed by atoms with Gasteiger partial charge in [0.1, 0.15) is 0 Å². The van der Waals surface area contributed by atoms with Crippen molar-refractivity contribution in [3.05, 3.63) is 46.7 Å². The summed E-state index contributed by atoms with van der Waals surface area (Å²) in [5.74, 6) is -0.144. The van der Waals surface area contributed by atoms with Gasteiger partial charge in [0, 0.05) is 17.2 Å². The Bertz CT molecular complexity index is 582. The van der Waals surface area contributed by atoms with Gasteiger partial charge in [0.05, 0.1) is 5.69 Å². The standard InChI is InChI=1S/C14H17BrN4O/c1-16-7-3-8-17-14(20)13-6-9-19(18-13)12-5-2-4-11(15)10-12/h2,4-6,9-10,16H,3,7-8H2,1H3,(H,17,20). The summed E-state index contributed by atoms with van der Waals surface area (Å²) < 4.78 is 2.66. The summed E-state index contributed by atoms with van der Waals surface area (Å²) in [6.07, 6.45) is 2.68. The van der Waals surface area contributed by atoms with E-state index in [2.05, 4.69) is 31.7 Å². The number of halogens is 1. The molecule has 0 bridgehead atoms. The molecule has 0 saturated carbocycles. The fraction of sp³-hybridized carbons (Fsp3) is 0.286. The van der Waals surface area contributed by atoms with E-state index >= 15 is 0 Å². The van der Waals surface area contributed by atoms with Crippen LogP contribution in [0.5, 0.6) is 0 Å². The summed E-state index contributed by atoms with van der Waals surface area (Å²) >= 11 is 3.42. The van der Waals surface area contributed by atoms with Gasteiger partial charge in [-0.2, -0.15) is 5.10 Å². The fourth-order valence-corrected chi connectivity index (χ4v) is 2.15. The number of carbonyl (C=O) groups excluding carboxylic acids is 1. The van der Waals surface area contributed by atoms with E-state index in [1.807, 2.05) is 31.3 Å². The Kier molecular flexibility index (Phi) is 5.31. The van der Waals surface area contributed by atoms with Crippen molar-refractivity contribution in [2.45, 2.75) is 6.42 Å². The average Bonchev–Trinajstić information content (AvgIpc) is 2.93. The summed E-state index contributed by atoms with van der Waals surface area (Å²) in [7, 11) is 1.89. The smallest absolute Gasteiger partial charge is 0.271 e. The summed E-state index contributed by atoms with van der Waals surface area (Å²) in [6.45, 7) is 1.52. The number of benzene rings is 1. The second kappa shape index (κ2) is 7.21. The molecule has 1 amide bonds. The summed E-state index contributed by atoms with van der Waals surface area (Å²) in [4.78, 5) is 11.9. The molecule has 0 atom stereocenters. The predicted octanol–water partition coefficient (Wildman–Crippen LogP) is 1.97. The Balaban J connectivity index is 2.00. The molecule has 2 rings (SSSR count). The van der Waals surface area contributed by atoms with Crippen LogP contribution in [-0.2, 0) is 0 Å². The van der Waals surface area contributed by atoms with Crippen molar-refractivity contribution in [3.63, 3.8) is 0 Å². The predicted molar refractivity (Wildman–Crippen MR) is 82.1 cm³/mol. The highest BCUT2D eigenvalue weighted by atomic mass is 79.9. The first-order chi connectivity index (χ1) is 9.70. The van der Waals surface area contributed by atoms with Crippen molar-refractivity contribution in [3.8, 4) is 5.69 Å². The molecule has 0 fully saturated rings. The lowest BCUT2D eigenvalue weighted by atomic mass is 10.3. The lowest BCUT2D eigenvalue weighted by Crippen LogP contribution is -2.27.